The molecule has 2 rings (SSSR count). The average molecular weight is 375 g/mol. The Labute approximate surface area is 160 Å². The molecule has 0 bridgehead atoms. The number of carbonyl (C=O) groups excluding carboxylic acids is 2. The van der Waals surface area contributed by atoms with Gasteiger partial charge in [0.1, 0.15) is 5.54 Å². The lowest BCUT2D eigenvalue weighted by molar-refractivity contribution is -0.194. The number of ketones is 1. The quantitative estimate of drug-likeness (QED) is 0.647. The van der Waals surface area contributed by atoms with Crippen molar-refractivity contribution in [2.24, 2.45) is 5.41 Å². The number of carboxylic acid groups (broad SMARTS) is 1. The fourth-order valence-corrected chi connectivity index (χ4v) is 3.64. The van der Waals surface area contributed by atoms with E-state index in [1.54, 1.807) is 26.0 Å². The summed E-state index contributed by atoms with van der Waals surface area (Å²) < 4.78 is 5.59. The van der Waals surface area contributed by atoms with Gasteiger partial charge in [-0.05, 0) is 18.9 Å². The van der Waals surface area contributed by atoms with Crippen molar-refractivity contribution in [3.8, 4) is 0 Å². The number of ether oxygens (including phenoxy) is 1. The van der Waals surface area contributed by atoms with Crippen LogP contribution >= 0.6 is 0 Å². The Bertz CT molecular complexity index is 710. The number of hydrogen-bond acceptors (Lipinski definition) is 4. The standard InChI is InChI=1S/C21H29NO5/c1-5-14-7-9-15(10-8-14)16(23)11-12-18(24)22-21(19(25)26)13-17(27-6-2)20(21,3)4/h7-10,17H,5-6,11-13H2,1-4H3,(H,22,24)(H,25,26). The van der Waals surface area contributed by atoms with E-state index in [9.17, 15) is 19.5 Å². The third-order valence-electron chi connectivity index (χ3n) is 5.75. The first-order chi connectivity index (χ1) is 12.7. The maximum Gasteiger partial charge on any atom is 0.330 e. The van der Waals surface area contributed by atoms with Crippen molar-refractivity contribution < 1.29 is 24.2 Å². The number of Topliss-reactive ketones (excluding diaryl/α,β-unsaturated/α-hetero) is 1. The summed E-state index contributed by atoms with van der Waals surface area (Å²) in [6, 6.07) is 7.33. The zero-order chi connectivity index (χ0) is 20.2. The van der Waals surface area contributed by atoms with Gasteiger partial charge in [0.15, 0.2) is 5.78 Å². The van der Waals surface area contributed by atoms with E-state index in [0.717, 1.165) is 12.0 Å². The number of aryl methyl sites for hydroxylation is 1. The van der Waals surface area contributed by atoms with Crippen LogP contribution in [0.2, 0.25) is 0 Å². The molecule has 148 valence electrons. The Balaban J connectivity index is 1.97. The van der Waals surface area contributed by atoms with Crippen LogP contribution in [0.4, 0.5) is 0 Å². The number of rotatable bonds is 9. The summed E-state index contributed by atoms with van der Waals surface area (Å²) in [5.74, 6) is -1.63. The molecule has 1 fully saturated rings. The summed E-state index contributed by atoms with van der Waals surface area (Å²) in [5.41, 5.74) is -0.391. The van der Waals surface area contributed by atoms with Crippen LogP contribution in [0.5, 0.6) is 0 Å². The molecule has 1 aliphatic rings. The van der Waals surface area contributed by atoms with Crippen LogP contribution in [-0.4, -0.2) is 41.0 Å². The van der Waals surface area contributed by atoms with Gasteiger partial charge in [-0.1, -0.05) is 45.0 Å². The van der Waals surface area contributed by atoms with E-state index in [1.165, 1.54) is 0 Å². The molecule has 6 heteroatoms. The van der Waals surface area contributed by atoms with Crippen molar-refractivity contribution >= 4 is 17.7 Å². The molecular weight excluding hydrogens is 346 g/mol. The number of carboxylic acids is 1. The van der Waals surface area contributed by atoms with Gasteiger partial charge in [-0.25, -0.2) is 4.79 Å². The first kappa shape index (κ1) is 21.1. The smallest absolute Gasteiger partial charge is 0.330 e. The Morgan fingerprint density at radius 1 is 1.15 bits per heavy atom. The predicted octanol–water partition coefficient (Wildman–Crippen LogP) is 2.99. The third kappa shape index (κ3) is 4.05. The molecule has 27 heavy (non-hydrogen) atoms. The molecule has 0 radical (unpaired) electrons. The number of nitrogens with one attached hydrogen (secondary N) is 1. The first-order valence-electron chi connectivity index (χ1n) is 9.46. The van der Waals surface area contributed by atoms with Crippen LogP contribution in [0.1, 0.15) is 62.9 Å². The first-order valence-corrected chi connectivity index (χ1v) is 9.46. The average Bonchev–Trinajstić information content (AvgIpc) is 2.64. The lowest BCUT2D eigenvalue weighted by Gasteiger charge is -2.58. The van der Waals surface area contributed by atoms with E-state index in [1.807, 2.05) is 26.0 Å². The summed E-state index contributed by atoms with van der Waals surface area (Å²) in [6.45, 7) is 7.95. The van der Waals surface area contributed by atoms with Crippen LogP contribution in [0.15, 0.2) is 24.3 Å². The van der Waals surface area contributed by atoms with Gasteiger partial charge in [0.05, 0.1) is 6.10 Å². The molecule has 0 aliphatic heterocycles. The van der Waals surface area contributed by atoms with E-state index >= 15 is 0 Å². The number of amides is 1. The predicted molar refractivity (Wildman–Crippen MR) is 102 cm³/mol. The number of benzene rings is 1. The second-order valence-electron chi connectivity index (χ2n) is 7.60. The molecule has 1 aliphatic carbocycles. The fraction of sp³-hybridized carbons (Fsp3) is 0.571. The fourth-order valence-electron chi connectivity index (χ4n) is 3.64. The molecule has 0 aromatic heterocycles. The summed E-state index contributed by atoms with van der Waals surface area (Å²) >= 11 is 0. The minimum Gasteiger partial charge on any atom is -0.479 e. The van der Waals surface area contributed by atoms with E-state index < -0.39 is 22.8 Å². The molecule has 2 N–H and O–H groups in total. The molecule has 1 aromatic rings. The second-order valence-corrected chi connectivity index (χ2v) is 7.60. The Hall–Kier alpha value is -2.21. The van der Waals surface area contributed by atoms with Gasteiger partial charge in [0.2, 0.25) is 5.91 Å². The van der Waals surface area contributed by atoms with Crippen LogP contribution < -0.4 is 5.32 Å². The Kier molecular flexibility index (Phi) is 6.42. The normalized spacial score (nSPS) is 23.3. The molecule has 2 unspecified atom stereocenters. The Morgan fingerprint density at radius 2 is 1.78 bits per heavy atom. The van der Waals surface area contributed by atoms with Gasteiger partial charge in [0, 0.05) is 36.8 Å². The van der Waals surface area contributed by atoms with Crippen LogP contribution in [0.3, 0.4) is 0 Å². The third-order valence-corrected chi connectivity index (χ3v) is 5.75. The summed E-state index contributed by atoms with van der Waals surface area (Å²) in [4.78, 5) is 36.5. The summed E-state index contributed by atoms with van der Waals surface area (Å²) in [6.07, 6.45) is 0.896. The van der Waals surface area contributed by atoms with Gasteiger partial charge in [-0.2, -0.15) is 0 Å². The van der Waals surface area contributed by atoms with Gasteiger partial charge in [-0.15, -0.1) is 0 Å². The molecule has 2 atom stereocenters. The Morgan fingerprint density at radius 3 is 2.26 bits per heavy atom. The summed E-state index contributed by atoms with van der Waals surface area (Å²) in [5, 5.41) is 12.4. The molecule has 6 nitrogen and oxygen atoms in total. The minimum absolute atomic E-state index is 0.0429. The lowest BCUT2D eigenvalue weighted by atomic mass is 9.54. The molecule has 1 aromatic carbocycles. The molecule has 0 heterocycles. The van der Waals surface area contributed by atoms with Gasteiger partial charge in [-0.3, -0.25) is 9.59 Å². The highest BCUT2D eigenvalue weighted by Gasteiger charge is 2.66. The van der Waals surface area contributed by atoms with Crippen molar-refractivity contribution in [1.82, 2.24) is 5.32 Å². The van der Waals surface area contributed by atoms with Gasteiger partial charge in [0.25, 0.3) is 0 Å². The van der Waals surface area contributed by atoms with Gasteiger partial charge >= 0.3 is 5.97 Å². The van der Waals surface area contributed by atoms with Crippen molar-refractivity contribution in [2.75, 3.05) is 6.61 Å². The van der Waals surface area contributed by atoms with Crippen LogP contribution in [0.25, 0.3) is 0 Å². The highest BCUT2D eigenvalue weighted by molar-refractivity contribution is 5.98. The van der Waals surface area contributed by atoms with E-state index in [0.29, 0.717) is 12.2 Å². The van der Waals surface area contributed by atoms with Crippen molar-refractivity contribution in [3.05, 3.63) is 35.4 Å². The maximum atomic E-state index is 12.4. The molecular formula is C21H29NO5. The molecule has 1 amide bonds. The topological polar surface area (TPSA) is 92.7 Å². The van der Waals surface area contributed by atoms with Crippen molar-refractivity contribution in [3.63, 3.8) is 0 Å². The SMILES string of the molecule is CCOC1CC(NC(=O)CCC(=O)c2ccc(CC)cc2)(C(=O)O)C1(C)C. The molecule has 0 saturated heterocycles. The highest BCUT2D eigenvalue weighted by Crippen LogP contribution is 2.51. The second kappa shape index (κ2) is 8.21. The van der Waals surface area contributed by atoms with E-state index in [4.69, 9.17) is 4.74 Å². The summed E-state index contributed by atoms with van der Waals surface area (Å²) in [7, 11) is 0. The van der Waals surface area contributed by atoms with Crippen molar-refractivity contribution in [1.29, 1.82) is 0 Å². The lowest BCUT2D eigenvalue weighted by Crippen LogP contribution is -2.76. The monoisotopic (exact) mass is 375 g/mol. The highest BCUT2D eigenvalue weighted by atomic mass is 16.5. The van der Waals surface area contributed by atoms with Crippen LogP contribution in [-0.2, 0) is 20.7 Å². The molecule has 0 spiro atoms. The van der Waals surface area contributed by atoms with E-state index in [-0.39, 0.29) is 31.1 Å². The maximum absolute atomic E-state index is 12.4. The zero-order valence-corrected chi connectivity index (χ0v) is 16.5. The minimum atomic E-state index is -1.37. The van der Waals surface area contributed by atoms with Crippen LogP contribution in [0, 0.1) is 5.41 Å². The van der Waals surface area contributed by atoms with Gasteiger partial charge < -0.3 is 15.2 Å². The number of hydrogen-bond donors (Lipinski definition) is 2. The van der Waals surface area contributed by atoms with Crippen molar-refractivity contribution in [2.45, 2.75) is 65.0 Å². The molecule has 1 saturated carbocycles. The van der Waals surface area contributed by atoms with E-state index in [2.05, 4.69) is 5.32 Å². The number of carbonyl (C=O) groups is 3. The largest absolute Gasteiger partial charge is 0.479 e. The zero-order valence-electron chi connectivity index (χ0n) is 16.5. The number of aliphatic carboxylic acids is 1.